The summed E-state index contributed by atoms with van der Waals surface area (Å²) in [7, 11) is 0. The number of benzene rings is 1. The zero-order valence-electron chi connectivity index (χ0n) is 14.0. The number of halogens is 2. The molecule has 1 aromatic carbocycles. The molecule has 0 bridgehead atoms. The summed E-state index contributed by atoms with van der Waals surface area (Å²) < 4.78 is 11.3. The van der Waals surface area contributed by atoms with E-state index in [2.05, 4.69) is 0 Å². The number of ether oxygens (including phenoxy) is 2. The van der Waals surface area contributed by atoms with Gasteiger partial charge in [0.05, 0.1) is 28.9 Å². The van der Waals surface area contributed by atoms with Crippen LogP contribution in [-0.4, -0.2) is 55.3 Å². The van der Waals surface area contributed by atoms with Gasteiger partial charge in [0.15, 0.2) is 5.79 Å². The molecule has 3 rings (SSSR count). The van der Waals surface area contributed by atoms with E-state index in [1.165, 1.54) is 11.8 Å². The number of rotatable bonds is 3. The Bertz CT molecular complexity index is 646. The highest BCUT2D eigenvalue weighted by Crippen LogP contribution is 2.34. The van der Waals surface area contributed by atoms with E-state index in [-0.39, 0.29) is 18.4 Å². The number of amides is 2. The van der Waals surface area contributed by atoms with Crippen molar-refractivity contribution in [3.05, 3.63) is 28.2 Å². The molecule has 2 heterocycles. The summed E-state index contributed by atoms with van der Waals surface area (Å²) in [4.78, 5) is 27.8. The minimum atomic E-state index is -0.539. The van der Waals surface area contributed by atoms with Crippen LogP contribution in [-0.2, 0) is 19.1 Å². The molecule has 0 unspecified atom stereocenters. The minimum Gasteiger partial charge on any atom is -0.347 e. The molecule has 2 amide bonds. The fourth-order valence-electron chi connectivity index (χ4n) is 3.21. The number of nitrogens with zero attached hydrogens (tertiary/aromatic N) is 2. The number of anilines is 1. The predicted molar refractivity (Wildman–Crippen MR) is 94.9 cm³/mol. The van der Waals surface area contributed by atoms with Gasteiger partial charge in [-0.15, -0.1) is 0 Å². The van der Waals surface area contributed by atoms with Gasteiger partial charge in [0.1, 0.15) is 6.54 Å². The van der Waals surface area contributed by atoms with Gasteiger partial charge >= 0.3 is 0 Å². The molecule has 2 aliphatic rings. The second-order valence-electron chi connectivity index (χ2n) is 6.16. The number of carbonyl (C=O) groups is 2. The number of hydrogen-bond acceptors (Lipinski definition) is 4. The molecule has 0 aliphatic carbocycles. The highest BCUT2D eigenvalue weighted by atomic mass is 35.5. The molecule has 25 heavy (non-hydrogen) atoms. The Kier molecular flexibility index (Phi) is 5.53. The lowest BCUT2D eigenvalue weighted by Gasteiger charge is -2.38. The lowest BCUT2D eigenvalue weighted by atomic mass is 10.0. The third-order valence-corrected chi connectivity index (χ3v) is 5.18. The normalized spacial score (nSPS) is 19.2. The van der Waals surface area contributed by atoms with E-state index in [1.54, 1.807) is 23.1 Å². The number of carbonyl (C=O) groups excluding carboxylic acids is 2. The van der Waals surface area contributed by atoms with E-state index in [0.29, 0.717) is 54.9 Å². The Balaban J connectivity index is 1.69. The molecule has 1 aromatic rings. The summed E-state index contributed by atoms with van der Waals surface area (Å²) in [5.74, 6) is -0.985. The minimum absolute atomic E-state index is 0.104. The zero-order valence-corrected chi connectivity index (χ0v) is 15.5. The van der Waals surface area contributed by atoms with Crippen molar-refractivity contribution in [2.24, 2.45) is 0 Å². The first-order valence-corrected chi connectivity index (χ1v) is 8.95. The van der Waals surface area contributed by atoms with Crippen LogP contribution in [0.2, 0.25) is 10.0 Å². The average molecular weight is 387 g/mol. The molecule has 0 saturated carbocycles. The van der Waals surface area contributed by atoms with Crippen LogP contribution in [0.5, 0.6) is 0 Å². The van der Waals surface area contributed by atoms with E-state index in [9.17, 15) is 9.59 Å². The van der Waals surface area contributed by atoms with Gasteiger partial charge in [-0.2, -0.15) is 0 Å². The zero-order chi connectivity index (χ0) is 18.0. The molecule has 0 aromatic heterocycles. The summed E-state index contributed by atoms with van der Waals surface area (Å²) in [6.07, 6.45) is 1.26. The SMILES string of the molecule is CC(=O)N(CC(=O)N1CCC2(CC1)OCCO2)c1c(Cl)cccc1Cl. The first-order chi connectivity index (χ1) is 11.9. The van der Waals surface area contributed by atoms with Gasteiger partial charge in [-0.1, -0.05) is 29.3 Å². The van der Waals surface area contributed by atoms with Crippen LogP contribution in [0.15, 0.2) is 18.2 Å². The molecule has 0 atom stereocenters. The Morgan fingerprint density at radius 3 is 2.24 bits per heavy atom. The maximum absolute atomic E-state index is 12.7. The first kappa shape index (κ1) is 18.5. The van der Waals surface area contributed by atoms with Crippen LogP contribution >= 0.6 is 23.2 Å². The van der Waals surface area contributed by atoms with Gasteiger partial charge in [0, 0.05) is 32.9 Å². The monoisotopic (exact) mass is 386 g/mol. The fraction of sp³-hybridized carbons (Fsp3) is 0.529. The molecule has 1 spiro atoms. The molecular weight excluding hydrogens is 367 g/mol. The standard InChI is InChI=1S/C17H20Cl2N2O4/c1-12(22)21(16-13(18)3-2-4-14(16)19)11-15(23)20-7-5-17(6-8-20)24-9-10-25-17/h2-4H,5-11H2,1H3. The number of piperidine rings is 1. The maximum atomic E-state index is 12.7. The second kappa shape index (κ2) is 7.50. The lowest BCUT2D eigenvalue weighted by Crippen LogP contribution is -2.50. The third kappa shape index (κ3) is 3.92. The first-order valence-electron chi connectivity index (χ1n) is 8.20. The lowest BCUT2D eigenvalue weighted by molar-refractivity contribution is -0.187. The van der Waals surface area contributed by atoms with E-state index in [4.69, 9.17) is 32.7 Å². The van der Waals surface area contributed by atoms with Gasteiger partial charge < -0.3 is 19.3 Å². The molecule has 2 saturated heterocycles. The van der Waals surface area contributed by atoms with Crippen molar-refractivity contribution in [3.63, 3.8) is 0 Å². The smallest absolute Gasteiger partial charge is 0.242 e. The Morgan fingerprint density at radius 2 is 1.72 bits per heavy atom. The van der Waals surface area contributed by atoms with Gasteiger partial charge in [-0.25, -0.2) is 0 Å². The molecule has 2 fully saturated rings. The molecule has 6 nitrogen and oxygen atoms in total. The summed E-state index contributed by atoms with van der Waals surface area (Å²) in [6.45, 7) is 3.53. The summed E-state index contributed by atoms with van der Waals surface area (Å²) in [6, 6.07) is 4.98. The molecular formula is C17H20Cl2N2O4. The highest BCUT2D eigenvalue weighted by Gasteiger charge is 2.41. The van der Waals surface area contributed by atoms with Crippen LogP contribution < -0.4 is 4.90 Å². The molecule has 0 N–H and O–H groups in total. The van der Waals surface area contributed by atoms with Crippen molar-refractivity contribution in [3.8, 4) is 0 Å². The van der Waals surface area contributed by atoms with Crippen molar-refractivity contribution < 1.29 is 19.1 Å². The van der Waals surface area contributed by atoms with Gasteiger partial charge in [-0.3, -0.25) is 9.59 Å². The van der Waals surface area contributed by atoms with E-state index >= 15 is 0 Å². The Hall–Kier alpha value is -1.34. The van der Waals surface area contributed by atoms with Crippen LogP contribution in [0, 0.1) is 0 Å². The Labute approximate surface area is 156 Å². The highest BCUT2D eigenvalue weighted by molar-refractivity contribution is 6.40. The van der Waals surface area contributed by atoms with Crippen molar-refractivity contribution in [1.29, 1.82) is 0 Å². The fourth-order valence-corrected chi connectivity index (χ4v) is 3.81. The van der Waals surface area contributed by atoms with E-state index < -0.39 is 5.79 Å². The quantitative estimate of drug-likeness (QED) is 0.801. The number of para-hydroxylation sites is 1. The van der Waals surface area contributed by atoms with E-state index in [1.807, 2.05) is 0 Å². The number of hydrogen-bond donors (Lipinski definition) is 0. The van der Waals surface area contributed by atoms with Gasteiger partial charge in [0.2, 0.25) is 11.8 Å². The van der Waals surface area contributed by atoms with Crippen molar-refractivity contribution in [1.82, 2.24) is 4.90 Å². The second-order valence-corrected chi connectivity index (χ2v) is 6.98. The van der Waals surface area contributed by atoms with Crippen molar-refractivity contribution >= 4 is 40.7 Å². The van der Waals surface area contributed by atoms with Crippen LogP contribution in [0.25, 0.3) is 0 Å². The van der Waals surface area contributed by atoms with Crippen molar-refractivity contribution in [2.45, 2.75) is 25.6 Å². The summed E-state index contributed by atoms with van der Waals surface area (Å²) in [5.41, 5.74) is 0.364. The van der Waals surface area contributed by atoms with E-state index in [0.717, 1.165) is 0 Å². The average Bonchev–Trinajstić information content (AvgIpc) is 3.02. The molecule has 8 heteroatoms. The van der Waals surface area contributed by atoms with Crippen LogP contribution in [0.3, 0.4) is 0 Å². The topological polar surface area (TPSA) is 59.1 Å². The van der Waals surface area contributed by atoms with Crippen LogP contribution in [0.4, 0.5) is 5.69 Å². The summed E-state index contributed by atoms with van der Waals surface area (Å²) >= 11 is 12.4. The molecule has 136 valence electrons. The number of likely N-dealkylation sites (tertiary alicyclic amines) is 1. The third-order valence-electron chi connectivity index (χ3n) is 4.57. The summed E-state index contributed by atoms with van der Waals surface area (Å²) in [5, 5.41) is 0.668. The van der Waals surface area contributed by atoms with Gasteiger partial charge in [0.25, 0.3) is 0 Å². The predicted octanol–water partition coefficient (Wildman–Crippen LogP) is 2.71. The Morgan fingerprint density at radius 1 is 1.16 bits per heavy atom. The van der Waals surface area contributed by atoms with Gasteiger partial charge in [-0.05, 0) is 12.1 Å². The van der Waals surface area contributed by atoms with Crippen LogP contribution in [0.1, 0.15) is 19.8 Å². The van der Waals surface area contributed by atoms with Crippen molar-refractivity contribution in [2.75, 3.05) is 37.7 Å². The molecule has 2 aliphatic heterocycles. The maximum Gasteiger partial charge on any atom is 0.242 e. The largest absolute Gasteiger partial charge is 0.347 e. The molecule has 0 radical (unpaired) electrons.